The average molecular weight is 343 g/mol. The zero-order valence-electron chi connectivity index (χ0n) is 14.3. The first-order valence-electron chi connectivity index (χ1n) is 9.06. The summed E-state index contributed by atoms with van der Waals surface area (Å²) < 4.78 is -0.750. The van der Waals surface area contributed by atoms with Crippen LogP contribution < -0.4 is 0 Å². The Hall–Kier alpha value is -0.200. The summed E-state index contributed by atoms with van der Waals surface area (Å²) in [5.74, 6) is 0.351. The van der Waals surface area contributed by atoms with Crippen molar-refractivity contribution < 1.29 is 0 Å². The maximum atomic E-state index is 6.79. The van der Waals surface area contributed by atoms with Gasteiger partial charge in [0.25, 0.3) is 0 Å². The fraction of sp³-hybridized carbons (Fsp3) is 0.700. The van der Waals surface area contributed by atoms with Crippen molar-refractivity contribution in [3.63, 3.8) is 0 Å². The van der Waals surface area contributed by atoms with Crippen molar-refractivity contribution in [1.29, 1.82) is 0 Å². The lowest BCUT2D eigenvalue weighted by Crippen LogP contribution is -2.23. The fourth-order valence-corrected chi connectivity index (χ4v) is 3.71. The third-order valence-corrected chi connectivity index (χ3v) is 5.54. The molecule has 0 aliphatic heterocycles. The third-order valence-electron chi connectivity index (χ3n) is 4.48. The zero-order valence-corrected chi connectivity index (χ0v) is 15.8. The summed E-state index contributed by atoms with van der Waals surface area (Å²) >= 11 is 13.6. The molecule has 0 aromatic heterocycles. The fourth-order valence-electron chi connectivity index (χ4n) is 3.02. The van der Waals surface area contributed by atoms with Gasteiger partial charge in [-0.05, 0) is 24.3 Å². The Balaban J connectivity index is 2.55. The molecule has 2 heteroatoms. The van der Waals surface area contributed by atoms with Crippen LogP contribution in [0.15, 0.2) is 30.3 Å². The Morgan fingerprint density at radius 1 is 0.773 bits per heavy atom. The van der Waals surface area contributed by atoms with Gasteiger partial charge in [-0.2, -0.15) is 0 Å². The van der Waals surface area contributed by atoms with Gasteiger partial charge >= 0.3 is 0 Å². The highest BCUT2D eigenvalue weighted by molar-refractivity contribution is 6.48. The Bertz CT molecular complexity index is 373. The number of hydrogen-bond donors (Lipinski definition) is 0. The summed E-state index contributed by atoms with van der Waals surface area (Å²) in [6.07, 6.45) is 12.6. The monoisotopic (exact) mass is 342 g/mol. The summed E-state index contributed by atoms with van der Waals surface area (Å²) in [5, 5.41) is 0. The van der Waals surface area contributed by atoms with Gasteiger partial charge in [-0.3, -0.25) is 0 Å². The van der Waals surface area contributed by atoms with Crippen LogP contribution in [-0.2, 0) is 4.33 Å². The minimum absolute atomic E-state index is 0.351. The molecule has 1 aromatic carbocycles. The number of halogens is 2. The molecule has 0 radical (unpaired) electrons. The number of hydrogen-bond acceptors (Lipinski definition) is 0. The van der Waals surface area contributed by atoms with Gasteiger partial charge in [0, 0.05) is 0 Å². The van der Waals surface area contributed by atoms with E-state index in [0.29, 0.717) is 5.92 Å². The smallest absolute Gasteiger partial charge is 0.0960 e. The zero-order chi connectivity index (χ0) is 16.3. The summed E-state index contributed by atoms with van der Waals surface area (Å²) in [5.41, 5.74) is 1.05. The molecule has 0 bridgehead atoms. The van der Waals surface area contributed by atoms with E-state index in [9.17, 15) is 0 Å². The third kappa shape index (κ3) is 6.92. The van der Waals surface area contributed by atoms with Gasteiger partial charge in [-0.25, -0.2) is 0 Å². The topological polar surface area (TPSA) is 0 Å². The summed E-state index contributed by atoms with van der Waals surface area (Å²) in [4.78, 5) is 0. The highest BCUT2D eigenvalue weighted by atomic mass is 35.5. The number of benzene rings is 1. The van der Waals surface area contributed by atoms with Gasteiger partial charge in [-0.15, -0.1) is 0 Å². The molecule has 0 aliphatic carbocycles. The number of alkyl halides is 2. The molecule has 0 fully saturated rings. The standard InChI is InChI=1S/C20H32Cl2/c1-3-5-7-8-9-11-15-18(14-6-4-2)20(21,22)19-16-12-10-13-17-19/h10,12-13,16-18H,3-9,11,14-15H2,1-2H3. The predicted molar refractivity (Wildman–Crippen MR) is 101 cm³/mol. The molecule has 0 amide bonds. The predicted octanol–water partition coefficient (Wildman–Crippen LogP) is 7.87. The lowest BCUT2D eigenvalue weighted by Gasteiger charge is -2.30. The van der Waals surface area contributed by atoms with E-state index in [4.69, 9.17) is 23.2 Å². The second kappa shape index (κ2) is 11.4. The first kappa shape index (κ1) is 19.8. The van der Waals surface area contributed by atoms with E-state index >= 15 is 0 Å². The summed E-state index contributed by atoms with van der Waals surface area (Å²) in [6, 6.07) is 10.2. The largest absolute Gasteiger partial charge is 0.145 e. The van der Waals surface area contributed by atoms with Crippen molar-refractivity contribution in [2.24, 2.45) is 5.92 Å². The molecular formula is C20H32Cl2. The Morgan fingerprint density at radius 2 is 1.32 bits per heavy atom. The van der Waals surface area contributed by atoms with Crippen LogP contribution in [0.4, 0.5) is 0 Å². The molecular weight excluding hydrogens is 311 g/mol. The van der Waals surface area contributed by atoms with E-state index < -0.39 is 4.33 Å². The van der Waals surface area contributed by atoms with Crippen LogP contribution in [0.25, 0.3) is 0 Å². The average Bonchev–Trinajstić information content (AvgIpc) is 2.54. The molecule has 1 aromatic rings. The Morgan fingerprint density at radius 3 is 1.95 bits per heavy atom. The van der Waals surface area contributed by atoms with Gasteiger partial charge < -0.3 is 0 Å². The lowest BCUT2D eigenvalue weighted by atomic mass is 9.88. The molecule has 0 N–H and O–H groups in total. The van der Waals surface area contributed by atoms with E-state index in [1.807, 2.05) is 18.2 Å². The van der Waals surface area contributed by atoms with E-state index in [1.165, 1.54) is 51.4 Å². The van der Waals surface area contributed by atoms with Crippen LogP contribution >= 0.6 is 23.2 Å². The van der Waals surface area contributed by atoms with Crippen molar-refractivity contribution in [2.75, 3.05) is 0 Å². The highest BCUT2D eigenvalue weighted by Crippen LogP contribution is 2.45. The van der Waals surface area contributed by atoms with Crippen molar-refractivity contribution in [3.8, 4) is 0 Å². The van der Waals surface area contributed by atoms with E-state index in [2.05, 4.69) is 26.0 Å². The Kier molecular flexibility index (Phi) is 10.2. The van der Waals surface area contributed by atoms with Crippen LogP contribution in [0.1, 0.15) is 83.6 Å². The van der Waals surface area contributed by atoms with Gasteiger partial charge in [0.2, 0.25) is 0 Å². The van der Waals surface area contributed by atoms with Crippen LogP contribution in [0.5, 0.6) is 0 Å². The normalized spacial score (nSPS) is 13.3. The molecule has 126 valence electrons. The molecule has 1 atom stereocenters. The SMILES string of the molecule is CCCCCCCCC(CCCC)C(Cl)(Cl)c1ccccc1. The number of rotatable bonds is 12. The van der Waals surface area contributed by atoms with Crippen LogP contribution in [0, 0.1) is 5.92 Å². The molecule has 0 nitrogen and oxygen atoms in total. The second-order valence-corrected chi connectivity index (χ2v) is 7.77. The lowest BCUT2D eigenvalue weighted by molar-refractivity contribution is 0.374. The molecule has 0 spiro atoms. The molecule has 0 aliphatic rings. The molecule has 22 heavy (non-hydrogen) atoms. The number of unbranched alkanes of at least 4 members (excludes halogenated alkanes) is 6. The first-order chi connectivity index (χ1) is 10.6. The molecule has 0 saturated heterocycles. The van der Waals surface area contributed by atoms with Crippen molar-refractivity contribution in [1.82, 2.24) is 0 Å². The Labute approximate surface area is 147 Å². The van der Waals surface area contributed by atoms with E-state index in [0.717, 1.165) is 18.4 Å². The maximum Gasteiger partial charge on any atom is 0.145 e. The van der Waals surface area contributed by atoms with Crippen molar-refractivity contribution >= 4 is 23.2 Å². The van der Waals surface area contributed by atoms with Crippen LogP contribution in [-0.4, -0.2) is 0 Å². The van der Waals surface area contributed by atoms with Gasteiger partial charge in [0.1, 0.15) is 4.33 Å². The van der Waals surface area contributed by atoms with Crippen molar-refractivity contribution in [2.45, 2.75) is 82.4 Å². The minimum atomic E-state index is -0.750. The van der Waals surface area contributed by atoms with Gasteiger partial charge in [-0.1, -0.05) is 119 Å². The van der Waals surface area contributed by atoms with E-state index in [-0.39, 0.29) is 0 Å². The van der Waals surface area contributed by atoms with E-state index in [1.54, 1.807) is 0 Å². The van der Waals surface area contributed by atoms with Crippen LogP contribution in [0.3, 0.4) is 0 Å². The quantitative estimate of drug-likeness (QED) is 0.267. The molecule has 0 heterocycles. The second-order valence-electron chi connectivity index (χ2n) is 6.38. The summed E-state index contributed by atoms with van der Waals surface area (Å²) in [7, 11) is 0. The highest BCUT2D eigenvalue weighted by Gasteiger charge is 2.35. The summed E-state index contributed by atoms with van der Waals surface area (Å²) in [6.45, 7) is 4.49. The minimum Gasteiger partial charge on any atom is -0.0960 e. The molecule has 1 rings (SSSR count). The van der Waals surface area contributed by atoms with Gasteiger partial charge in [0.15, 0.2) is 0 Å². The first-order valence-corrected chi connectivity index (χ1v) is 9.81. The van der Waals surface area contributed by atoms with Gasteiger partial charge in [0.05, 0.1) is 0 Å². The van der Waals surface area contributed by atoms with Crippen molar-refractivity contribution in [3.05, 3.63) is 35.9 Å². The maximum absolute atomic E-state index is 6.79. The molecule has 0 saturated carbocycles. The van der Waals surface area contributed by atoms with Crippen LogP contribution in [0.2, 0.25) is 0 Å². The molecule has 1 unspecified atom stereocenters.